The molecule has 15 heteroatoms. The first-order valence-corrected chi connectivity index (χ1v) is 21.8. The molecule has 0 aromatic heterocycles. The van der Waals surface area contributed by atoms with Crippen LogP contribution in [0.4, 0.5) is 10.5 Å². The summed E-state index contributed by atoms with van der Waals surface area (Å²) < 4.78 is 46.3. The smallest absolute Gasteiger partial charge is 0.550 e. The molecule has 0 bridgehead atoms. The molecule has 5 heterocycles. The second-order valence-corrected chi connectivity index (χ2v) is 19.2. The molecular formula is C43H65BrNNaO12. The fraction of sp³-hybridized carbons (Fsp3) is 0.814. The Kier molecular flexibility index (Phi) is 15.6. The van der Waals surface area contributed by atoms with Crippen molar-refractivity contribution in [3.63, 3.8) is 0 Å². The van der Waals surface area contributed by atoms with Crippen LogP contribution in [0.3, 0.4) is 0 Å². The number of rotatable bonds is 12. The van der Waals surface area contributed by atoms with Gasteiger partial charge < -0.3 is 53.3 Å². The molecule has 3 N–H and O–H groups in total. The van der Waals surface area contributed by atoms with Gasteiger partial charge in [0.2, 0.25) is 5.79 Å². The normalized spacial score (nSPS) is 43.0. The van der Waals surface area contributed by atoms with Gasteiger partial charge >= 0.3 is 35.7 Å². The zero-order valence-electron chi connectivity index (χ0n) is 36.0. The molecular weight excluding hydrogens is 825 g/mol. The number of aliphatic hydroxyl groups excluding tert-OH is 1. The summed E-state index contributed by atoms with van der Waals surface area (Å²) in [4.78, 5) is 24.5. The largest absolute Gasteiger partial charge is 1.00 e. The maximum Gasteiger partial charge on any atom is 1.00 e. The van der Waals surface area contributed by atoms with Crippen LogP contribution in [-0.2, 0) is 38.0 Å². The monoisotopic (exact) mass is 889 g/mol. The molecule has 0 radical (unpaired) electrons. The Morgan fingerprint density at radius 3 is 2.36 bits per heavy atom. The van der Waals surface area contributed by atoms with Crippen molar-refractivity contribution < 1.29 is 87.6 Å². The number of hydrogen-bond acceptors (Lipinski definition) is 12. The average Bonchev–Trinajstić information content (AvgIpc) is 3.88. The van der Waals surface area contributed by atoms with E-state index in [4.69, 9.17) is 33.2 Å². The summed E-state index contributed by atoms with van der Waals surface area (Å²) in [6, 6.07) is 7.13. The van der Waals surface area contributed by atoms with E-state index in [9.17, 15) is 24.9 Å². The number of carboxylic acid groups (broad SMARTS) is 1. The number of benzene rings is 1. The Labute approximate surface area is 374 Å². The van der Waals surface area contributed by atoms with Gasteiger partial charge in [-0.1, -0.05) is 64.4 Å². The topological polar surface area (TPSA) is 174 Å². The number of aliphatic hydroxyl groups is 2. The molecule has 0 aliphatic carbocycles. The van der Waals surface area contributed by atoms with Crippen molar-refractivity contribution in [3.05, 3.63) is 28.7 Å². The van der Waals surface area contributed by atoms with Crippen LogP contribution in [0.15, 0.2) is 28.7 Å². The van der Waals surface area contributed by atoms with Gasteiger partial charge in [-0.3, -0.25) is 5.32 Å². The Morgan fingerprint density at radius 2 is 1.72 bits per heavy atom. The summed E-state index contributed by atoms with van der Waals surface area (Å²) in [6.07, 6.45) is 1.48. The van der Waals surface area contributed by atoms with Gasteiger partial charge in [-0.15, -0.1) is 0 Å². The van der Waals surface area contributed by atoms with Crippen LogP contribution in [0, 0.1) is 35.5 Å². The number of aliphatic carboxylic acids is 1. The number of halogens is 1. The molecule has 322 valence electrons. The molecule has 58 heavy (non-hydrogen) atoms. The van der Waals surface area contributed by atoms with Gasteiger partial charge in [0.25, 0.3) is 0 Å². The summed E-state index contributed by atoms with van der Waals surface area (Å²) in [5, 5.41) is 37.6. The molecule has 0 saturated carbocycles. The fourth-order valence-corrected chi connectivity index (χ4v) is 11.0. The van der Waals surface area contributed by atoms with Gasteiger partial charge in [-0.05, 0) is 81.5 Å². The van der Waals surface area contributed by atoms with E-state index < -0.39 is 65.2 Å². The first kappa shape index (κ1) is 48.2. The summed E-state index contributed by atoms with van der Waals surface area (Å²) in [6.45, 7) is 15.5. The molecule has 5 saturated heterocycles. The molecule has 5 aliphatic rings. The minimum absolute atomic E-state index is 0. The number of hydrogen-bond donors (Lipinski definition) is 3. The zero-order chi connectivity index (χ0) is 41.7. The Hall–Kier alpha value is -0.880. The van der Waals surface area contributed by atoms with E-state index in [-0.39, 0.29) is 84.1 Å². The molecule has 1 amide bonds. The fourth-order valence-electron chi connectivity index (χ4n) is 10.7. The van der Waals surface area contributed by atoms with Crippen molar-refractivity contribution in [1.82, 2.24) is 0 Å². The number of nitrogens with one attached hydrogen (secondary N) is 1. The van der Waals surface area contributed by atoms with Crippen molar-refractivity contribution >= 4 is 33.7 Å². The van der Waals surface area contributed by atoms with E-state index in [1.807, 2.05) is 32.9 Å². The summed E-state index contributed by atoms with van der Waals surface area (Å²) >= 11 is 3.39. The summed E-state index contributed by atoms with van der Waals surface area (Å²) in [5.41, 5.74) is -0.685. The van der Waals surface area contributed by atoms with Crippen molar-refractivity contribution in [2.75, 3.05) is 19.0 Å². The number of carbonyl (C=O) groups excluding carboxylic acids is 2. The molecule has 17 unspecified atom stereocenters. The molecule has 1 aromatic carbocycles. The SMILES string of the molecule is CCC1(C2OC(C3OC(O)(COC(=O)Nc4ccc(Br)cc4)C(C)CC3C)CC2C)CCC(C2(C)CCC3(CC(O)C(C)C(C(C)C(OC)C(C)C(=O)[O-])O3)O2)O1.[Na+]. The molecule has 17 atom stereocenters. The summed E-state index contributed by atoms with van der Waals surface area (Å²) in [5.74, 6) is -5.44. The quantitative estimate of drug-likeness (QED) is 0.263. The Balaban J connectivity index is 0.00000641. The van der Waals surface area contributed by atoms with Crippen LogP contribution in [0.1, 0.15) is 107 Å². The zero-order valence-corrected chi connectivity index (χ0v) is 39.6. The van der Waals surface area contributed by atoms with Crippen molar-refractivity contribution in [2.45, 2.75) is 172 Å². The van der Waals surface area contributed by atoms with E-state index in [1.54, 1.807) is 19.1 Å². The van der Waals surface area contributed by atoms with Crippen LogP contribution in [0.5, 0.6) is 0 Å². The van der Waals surface area contributed by atoms with E-state index in [2.05, 4.69) is 48.9 Å². The number of carboxylic acids is 1. The Morgan fingerprint density at radius 1 is 1.03 bits per heavy atom. The van der Waals surface area contributed by atoms with Gasteiger partial charge in [-0.25, -0.2) is 4.79 Å². The second kappa shape index (κ2) is 18.8. The van der Waals surface area contributed by atoms with Gasteiger partial charge in [0.15, 0.2) is 5.79 Å². The Bertz CT molecular complexity index is 1580. The maximum absolute atomic E-state index is 12.7. The van der Waals surface area contributed by atoms with Crippen molar-refractivity contribution in [3.8, 4) is 0 Å². The van der Waals surface area contributed by atoms with Crippen LogP contribution >= 0.6 is 15.9 Å². The van der Waals surface area contributed by atoms with Gasteiger partial charge in [0, 0.05) is 59.8 Å². The number of ether oxygens (including phenoxy) is 7. The van der Waals surface area contributed by atoms with E-state index in [1.165, 1.54) is 7.11 Å². The van der Waals surface area contributed by atoms with Gasteiger partial charge in [0.1, 0.15) is 6.61 Å². The first-order valence-electron chi connectivity index (χ1n) is 21.0. The molecule has 13 nitrogen and oxygen atoms in total. The third-order valence-corrected chi connectivity index (χ3v) is 14.8. The van der Waals surface area contributed by atoms with Gasteiger partial charge in [-0.2, -0.15) is 0 Å². The third-order valence-electron chi connectivity index (χ3n) is 14.3. The second-order valence-electron chi connectivity index (χ2n) is 18.3. The number of anilines is 1. The number of methoxy groups -OCH3 is 1. The molecule has 6 rings (SSSR count). The van der Waals surface area contributed by atoms with Crippen LogP contribution < -0.4 is 40.0 Å². The molecule has 5 aliphatic heterocycles. The molecule has 1 spiro atoms. The maximum atomic E-state index is 12.7. The van der Waals surface area contributed by atoms with Gasteiger partial charge in [0.05, 0.1) is 53.9 Å². The van der Waals surface area contributed by atoms with Crippen LogP contribution in [0.2, 0.25) is 0 Å². The predicted molar refractivity (Wildman–Crippen MR) is 212 cm³/mol. The van der Waals surface area contributed by atoms with Crippen LogP contribution in [0.25, 0.3) is 0 Å². The standard InChI is InChI=1S/C43H66BrNO12.Na/c1-10-41(16-15-33(54-41)40(8)17-18-42(57-40)21-31(46)26(5)36(55-42)27(6)35(51-9)28(7)38(47)48)37-24(3)20-32(53-37)34-23(2)19-25(4)43(50,56-34)22-52-39(49)45-30-13-11-29(44)12-14-30;/h11-14,23-28,31-37,46,50H,10,15-22H2,1-9H3,(H,45,49)(H,47,48);/q;+1/p-1. The predicted octanol–water partition coefficient (Wildman–Crippen LogP) is 2.96. The number of carbonyl (C=O) groups is 2. The number of amides is 1. The third kappa shape index (κ3) is 9.68. The van der Waals surface area contributed by atoms with Crippen molar-refractivity contribution in [1.29, 1.82) is 0 Å². The minimum Gasteiger partial charge on any atom is -0.550 e. The minimum atomic E-state index is -1.68. The van der Waals surface area contributed by atoms with E-state index >= 15 is 0 Å². The van der Waals surface area contributed by atoms with E-state index in [0.29, 0.717) is 31.4 Å². The molecule has 5 fully saturated rings. The average molecular weight is 891 g/mol. The van der Waals surface area contributed by atoms with Crippen LogP contribution in [-0.4, -0.2) is 101 Å². The van der Waals surface area contributed by atoms with E-state index in [0.717, 1.165) is 30.2 Å². The first-order chi connectivity index (χ1) is 26.8. The summed E-state index contributed by atoms with van der Waals surface area (Å²) in [7, 11) is 1.49. The molecule has 1 aromatic rings. The van der Waals surface area contributed by atoms with Crippen molar-refractivity contribution in [2.24, 2.45) is 35.5 Å².